The highest BCUT2D eigenvalue weighted by atomic mass is 15.0. The summed E-state index contributed by atoms with van der Waals surface area (Å²) in [7, 11) is 0. The molecule has 0 bridgehead atoms. The van der Waals surface area contributed by atoms with Gasteiger partial charge in [-0.1, -0.05) is 51.1 Å². The van der Waals surface area contributed by atoms with Crippen molar-refractivity contribution in [2.24, 2.45) is 5.92 Å². The van der Waals surface area contributed by atoms with E-state index in [1.165, 1.54) is 5.56 Å². The molecule has 17 heavy (non-hydrogen) atoms. The second-order valence-corrected chi connectivity index (χ2v) is 4.81. The van der Waals surface area contributed by atoms with Crippen molar-refractivity contribution in [1.29, 1.82) is 0 Å². The maximum absolute atomic E-state index is 5.41. The summed E-state index contributed by atoms with van der Waals surface area (Å²) in [5, 5.41) is 3.68. The molecule has 2 atom stereocenters. The van der Waals surface area contributed by atoms with Gasteiger partial charge >= 0.3 is 0 Å². The van der Waals surface area contributed by atoms with E-state index in [0.29, 0.717) is 18.0 Å². The van der Waals surface area contributed by atoms with Crippen LogP contribution in [0.15, 0.2) is 30.3 Å². The number of terminal acetylenes is 1. The number of rotatable bonds is 6. The van der Waals surface area contributed by atoms with Gasteiger partial charge in [0.25, 0.3) is 0 Å². The zero-order chi connectivity index (χ0) is 12.7. The summed E-state index contributed by atoms with van der Waals surface area (Å²) in [6.45, 7) is 6.66. The van der Waals surface area contributed by atoms with Crippen LogP contribution in [0.3, 0.4) is 0 Å². The molecule has 1 aromatic carbocycles. The molecular weight excluding hydrogens is 206 g/mol. The lowest BCUT2D eigenvalue weighted by Gasteiger charge is -2.27. The first-order valence-corrected chi connectivity index (χ1v) is 6.43. The number of hydrogen-bond acceptors (Lipinski definition) is 1. The van der Waals surface area contributed by atoms with Gasteiger partial charge in [-0.05, 0) is 17.9 Å². The predicted octanol–water partition coefficient (Wildman–Crippen LogP) is 3.78. The van der Waals surface area contributed by atoms with Gasteiger partial charge in [-0.3, -0.25) is 0 Å². The molecule has 0 fully saturated rings. The fourth-order valence-corrected chi connectivity index (χ4v) is 2.05. The van der Waals surface area contributed by atoms with E-state index in [1.54, 1.807) is 0 Å². The van der Waals surface area contributed by atoms with Crippen molar-refractivity contribution >= 4 is 0 Å². The van der Waals surface area contributed by atoms with Crippen molar-refractivity contribution in [3.8, 4) is 12.3 Å². The Morgan fingerprint density at radius 3 is 2.35 bits per heavy atom. The minimum atomic E-state index is 0.384. The predicted molar refractivity (Wildman–Crippen MR) is 74.7 cm³/mol. The van der Waals surface area contributed by atoms with Crippen molar-refractivity contribution in [1.82, 2.24) is 5.32 Å². The van der Waals surface area contributed by atoms with Crippen molar-refractivity contribution in [2.45, 2.75) is 45.7 Å². The topological polar surface area (TPSA) is 12.0 Å². The first-order valence-electron chi connectivity index (χ1n) is 6.43. The summed E-state index contributed by atoms with van der Waals surface area (Å²) in [5.74, 6) is 3.31. The van der Waals surface area contributed by atoms with Crippen molar-refractivity contribution < 1.29 is 0 Å². The molecule has 1 aromatic rings. The van der Waals surface area contributed by atoms with E-state index in [4.69, 9.17) is 6.42 Å². The molecule has 0 aromatic heterocycles. The Labute approximate surface area is 106 Å². The van der Waals surface area contributed by atoms with Crippen LogP contribution in [-0.4, -0.2) is 6.04 Å². The lowest BCUT2D eigenvalue weighted by Crippen LogP contribution is -2.34. The summed E-state index contributed by atoms with van der Waals surface area (Å²) < 4.78 is 0. The van der Waals surface area contributed by atoms with E-state index in [-0.39, 0.29) is 0 Å². The van der Waals surface area contributed by atoms with Crippen LogP contribution in [-0.2, 0) is 0 Å². The maximum atomic E-state index is 5.41. The Kier molecular flexibility index (Phi) is 5.80. The minimum absolute atomic E-state index is 0.384. The Hall–Kier alpha value is -1.26. The molecule has 2 unspecified atom stereocenters. The SMILES string of the molecule is C#CCC(CC)NC(c1ccccc1)C(C)C. The highest BCUT2D eigenvalue weighted by Crippen LogP contribution is 2.22. The van der Waals surface area contributed by atoms with Crippen LogP contribution in [0, 0.1) is 18.3 Å². The van der Waals surface area contributed by atoms with Crippen LogP contribution in [0.1, 0.15) is 45.2 Å². The maximum Gasteiger partial charge on any atom is 0.0346 e. The van der Waals surface area contributed by atoms with Gasteiger partial charge in [0.2, 0.25) is 0 Å². The first kappa shape index (κ1) is 13.8. The standard InChI is InChI=1S/C16H23N/c1-5-10-15(6-2)17-16(13(3)4)14-11-8-7-9-12-14/h1,7-9,11-13,15-17H,6,10H2,2-4H3. The molecule has 0 saturated carbocycles. The van der Waals surface area contributed by atoms with E-state index in [1.807, 2.05) is 0 Å². The molecule has 1 N–H and O–H groups in total. The molecule has 0 aliphatic heterocycles. The molecule has 0 aliphatic rings. The van der Waals surface area contributed by atoms with E-state index in [2.05, 4.69) is 62.3 Å². The molecule has 1 rings (SSSR count). The normalized spacial score (nSPS) is 14.3. The monoisotopic (exact) mass is 229 g/mol. The number of benzene rings is 1. The first-order chi connectivity index (χ1) is 8.19. The van der Waals surface area contributed by atoms with Gasteiger partial charge in [0, 0.05) is 18.5 Å². The third kappa shape index (κ3) is 4.24. The summed E-state index contributed by atoms with van der Waals surface area (Å²) in [6.07, 6.45) is 7.27. The number of hydrogen-bond donors (Lipinski definition) is 1. The summed E-state index contributed by atoms with van der Waals surface area (Å²) >= 11 is 0. The van der Waals surface area contributed by atoms with Crippen LogP contribution in [0.5, 0.6) is 0 Å². The van der Waals surface area contributed by atoms with Crippen LogP contribution in [0.2, 0.25) is 0 Å². The van der Waals surface area contributed by atoms with E-state index < -0.39 is 0 Å². The zero-order valence-electron chi connectivity index (χ0n) is 11.1. The van der Waals surface area contributed by atoms with Crippen molar-refractivity contribution in [3.05, 3.63) is 35.9 Å². The largest absolute Gasteiger partial charge is 0.306 e. The molecule has 0 saturated heterocycles. The van der Waals surface area contributed by atoms with Crippen molar-refractivity contribution in [3.63, 3.8) is 0 Å². The highest BCUT2D eigenvalue weighted by Gasteiger charge is 2.18. The summed E-state index contributed by atoms with van der Waals surface area (Å²) in [5.41, 5.74) is 1.35. The Morgan fingerprint density at radius 1 is 1.24 bits per heavy atom. The quantitative estimate of drug-likeness (QED) is 0.732. The second-order valence-electron chi connectivity index (χ2n) is 4.81. The zero-order valence-corrected chi connectivity index (χ0v) is 11.1. The molecule has 0 heterocycles. The fraction of sp³-hybridized carbons (Fsp3) is 0.500. The van der Waals surface area contributed by atoms with Gasteiger partial charge < -0.3 is 5.32 Å². The lowest BCUT2D eigenvalue weighted by atomic mass is 9.94. The molecule has 0 spiro atoms. The molecule has 1 heteroatoms. The Bertz CT molecular complexity index is 348. The molecular formula is C16H23N. The van der Waals surface area contributed by atoms with Gasteiger partial charge in [0.1, 0.15) is 0 Å². The van der Waals surface area contributed by atoms with E-state index in [9.17, 15) is 0 Å². The number of nitrogens with one attached hydrogen (secondary N) is 1. The molecule has 0 amide bonds. The average Bonchev–Trinajstić information content (AvgIpc) is 2.35. The van der Waals surface area contributed by atoms with Gasteiger partial charge in [-0.25, -0.2) is 0 Å². The average molecular weight is 229 g/mol. The van der Waals surface area contributed by atoms with E-state index in [0.717, 1.165) is 12.8 Å². The van der Waals surface area contributed by atoms with Crippen LogP contribution >= 0.6 is 0 Å². The lowest BCUT2D eigenvalue weighted by molar-refractivity contribution is 0.355. The molecule has 0 aliphatic carbocycles. The van der Waals surface area contributed by atoms with Crippen molar-refractivity contribution in [2.75, 3.05) is 0 Å². The van der Waals surface area contributed by atoms with Gasteiger partial charge in [0.05, 0.1) is 0 Å². The molecule has 1 nitrogen and oxygen atoms in total. The second kappa shape index (κ2) is 7.14. The Balaban J connectivity index is 2.77. The van der Waals surface area contributed by atoms with Gasteiger partial charge in [-0.2, -0.15) is 0 Å². The van der Waals surface area contributed by atoms with Gasteiger partial charge in [-0.15, -0.1) is 12.3 Å². The highest BCUT2D eigenvalue weighted by molar-refractivity contribution is 5.19. The van der Waals surface area contributed by atoms with Crippen LogP contribution in [0.25, 0.3) is 0 Å². The smallest absolute Gasteiger partial charge is 0.0346 e. The fourth-order valence-electron chi connectivity index (χ4n) is 2.05. The molecule has 0 radical (unpaired) electrons. The third-order valence-corrected chi connectivity index (χ3v) is 3.10. The van der Waals surface area contributed by atoms with Crippen LogP contribution < -0.4 is 5.32 Å². The molecule has 92 valence electrons. The minimum Gasteiger partial charge on any atom is -0.306 e. The Morgan fingerprint density at radius 2 is 1.88 bits per heavy atom. The van der Waals surface area contributed by atoms with Gasteiger partial charge in [0.15, 0.2) is 0 Å². The summed E-state index contributed by atoms with van der Waals surface area (Å²) in [6, 6.07) is 11.4. The summed E-state index contributed by atoms with van der Waals surface area (Å²) in [4.78, 5) is 0. The van der Waals surface area contributed by atoms with E-state index >= 15 is 0 Å². The van der Waals surface area contributed by atoms with Crippen LogP contribution in [0.4, 0.5) is 0 Å². The third-order valence-electron chi connectivity index (χ3n) is 3.10.